The summed E-state index contributed by atoms with van der Waals surface area (Å²) in [5.74, 6) is -0.304. The Morgan fingerprint density at radius 1 is 1.12 bits per heavy atom. The minimum atomic E-state index is -0.989. The molecule has 1 N–H and O–H groups in total. The molecule has 1 heterocycles. The highest BCUT2D eigenvalue weighted by atomic mass is 32.2. The average molecular weight is 480 g/mol. The topological polar surface area (TPSA) is 93.1 Å². The number of carbonyl (C=O) groups is 3. The second kappa shape index (κ2) is 11.4. The van der Waals surface area contributed by atoms with E-state index in [1.54, 1.807) is 30.4 Å². The van der Waals surface area contributed by atoms with Crippen LogP contribution in [0.3, 0.4) is 0 Å². The Bertz CT molecular complexity index is 1150. The second-order valence-corrected chi connectivity index (χ2v) is 8.30. The first-order valence-electron chi connectivity index (χ1n) is 10.6. The quantitative estimate of drug-likeness (QED) is 0.345. The molecule has 0 aliphatic carbocycles. The van der Waals surface area contributed by atoms with Crippen molar-refractivity contribution in [3.05, 3.63) is 88.9 Å². The zero-order valence-electron chi connectivity index (χ0n) is 18.8. The van der Waals surface area contributed by atoms with E-state index in [-0.39, 0.29) is 29.9 Å². The number of carbonyl (C=O) groups excluding carboxylic acids is 2. The Balaban J connectivity index is 1.92. The number of hydrogen-bond donors (Lipinski definition) is 1. The van der Waals surface area contributed by atoms with Crippen LogP contribution in [0.25, 0.3) is 6.08 Å². The molecule has 34 heavy (non-hydrogen) atoms. The van der Waals surface area contributed by atoms with Gasteiger partial charge in [-0.2, -0.15) is 0 Å². The second-order valence-electron chi connectivity index (χ2n) is 7.30. The van der Waals surface area contributed by atoms with E-state index >= 15 is 0 Å². The van der Waals surface area contributed by atoms with E-state index < -0.39 is 5.97 Å². The fourth-order valence-corrected chi connectivity index (χ4v) is 4.19. The van der Waals surface area contributed by atoms with Gasteiger partial charge in [0.15, 0.2) is 11.5 Å². The van der Waals surface area contributed by atoms with Crippen molar-refractivity contribution in [2.75, 3.05) is 13.2 Å². The highest BCUT2D eigenvalue weighted by molar-refractivity contribution is 8.18. The molecule has 176 valence electrons. The maximum Gasteiger partial charge on any atom is 0.335 e. The van der Waals surface area contributed by atoms with Gasteiger partial charge >= 0.3 is 5.97 Å². The number of ether oxygens (including phenoxy) is 2. The molecule has 0 spiro atoms. The molecule has 0 unspecified atom stereocenters. The van der Waals surface area contributed by atoms with E-state index in [4.69, 9.17) is 14.6 Å². The maximum absolute atomic E-state index is 12.6. The Kier molecular flexibility index (Phi) is 8.32. The molecule has 8 heteroatoms. The number of imide groups is 1. The van der Waals surface area contributed by atoms with Crippen molar-refractivity contribution < 1.29 is 29.0 Å². The molecule has 1 saturated heterocycles. The number of allylic oxidation sites excluding steroid dienone is 1. The summed E-state index contributed by atoms with van der Waals surface area (Å²) in [4.78, 5) is 37.2. The number of carboxylic acids is 1. The summed E-state index contributed by atoms with van der Waals surface area (Å²) in [6.07, 6.45) is 5.40. The van der Waals surface area contributed by atoms with Crippen LogP contribution in [-0.4, -0.2) is 40.3 Å². The van der Waals surface area contributed by atoms with Crippen LogP contribution in [0.15, 0.2) is 66.6 Å². The lowest BCUT2D eigenvalue weighted by atomic mass is 10.0. The number of hydrogen-bond acceptors (Lipinski definition) is 6. The molecule has 2 amide bonds. The molecular weight excluding hydrogens is 454 g/mol. The van der Waals surface area contributed by atoms with Gasteiger partial charge in [-0.1, -0.05) is 24.3 Å². The van der Waals surface area contributed by atoms with E-state index in [0.29, 0.717) is 35.0 Å². The van der Waals surface area contributed by atoms with Gasteiger partial charge in [-0.25, -0.2) is 4.79 Å². The smallest absolute Gasteiger partial charge is 0.335 e. The molecule has 1 aliphatic rings. The van der Waals surface area contributed by atoms with E-state index in [1.165, 1.54) is 18.2 Å². The molecule has 7 nitrogen and oxygen atoms in total. The number of benzene rings is 2. The van der Waals surface area contributed by atoms with Gasteiger partial charge in [0.2, 0.25) is 0 Å². The molecule has 1 aliphatic heterocycles. The third-order valence-electron chi connectivity index (χ3n) is 4.89. The van der Waals surface area contributed by atoms with Gasteiger partial charge in [-0.05, 0) is 66.6 Å². The molecule has 0 aromatic heterocycles. The van der Waals surface area contributed by atoms with Crippen molar-refractivity contribution in [3.8, 4) is 11.5 Å². The molecule has 0 radical (unpaired) electrons. The molecular formula is C26H25NO6S. The highest BCUT2D eigenvalue weighted by Crippen LogP contribution is 2.37. The summed E-state index contributed by atoms with van der Waals surface area (Å²) < 4.78 is 11.9. The SMILES string of the molecule is C=CCc1cc(/C=C2/SC(=O)N(CC=C)C2=O)cc(OCC)c1OCc1ccc(C(=O)O)cc1. The molecule has 2 aromatic rings. The molecule has 2 aromatic carbocycles. The fraction of sp³-hybridized carbons (Fsp3) is 0.192. The molecule has 1 fully saturated rings. The first-order chi connectivity index (χ1) is 16.4. The van der Waals surface area contributed by atoms with Crippen LogP contribution in [0.5, 0.6) is 11.5 Å². The van der Waals surface area contributed by atoms with Gasteiger partial charge in [0.05, 0.1) is 17.1 Å². The Morgan fingerprint density at radius 2 is 1.85 bits per heavy atom. The van der Waals surface area contributed by atoms with Crippen molar-refractivity contribution in [1.82, 2.24) is 4.90 Å². The van der Waals surface area contributed by atoms with Crippen LogP contribution < -0.4 is 9.47 Å². The number of amides is 2. The molecule has 0 bridgehead atoms. The van der Waals surface area contributed by atoms with Gasteiger partial charge in [0, 0.05) is 12.1 Å². The fourth-order valence-electron chi connectivity index (χ4n) is 3.34. The van der Waals surface area contributed by atoms with E-state index in [1.807, 2.05) is 13.0 Å². The number of carboxylic acid groups (broad SMARTS) is 1. The van der Waals surface area contributed by atoms with Crippen molar-refractivity contribution in [2.45, 2.75) is 20.0 Å². The van der Waals surface area contributed by atoms with Gasteiger partial charge in [0.1, 0.15) is 6.61 Å². The minimum absolute atomic E-state index is 0.161. The van der Waals surface area contributed by atoms with Crippen LogP contribution in [-0.2, 0) is 17.8 Å². The standard InChI is InChI=1S/C26H25NO6S/c1-4-7-20-13-18(15-22-24(28)27(12-5-2)26(31)34-22)14-21(32-6-3)23(20)33-16-17-8-10-19(11-9-17)25(29)30/h4-5,8-11,13-15H,1-2,6-7,12,16H2,3H3,(H,29,30)/b22-15+. The number of aromatic carboxylic acids is 1. The van der Waals surface area contributed by atoms with Crippen molar-refractivity contribution in [1.29, 1.82) is 0 Å². The van der Waals surface area contributed by atoms with Crippen LogP contribution in [0.1, 0.15) is 34.0 Å². The Hall–Kier alpha value is -3.78. The van der Waals surface area contributed by atoms with Crippen LogP contribution in [0.2, 0.25) is 0 Å². The van der Waals surface area contributed by atoms with Gasteiger partial charge < -0.3 is 14.6 Å². The first-order valence-corrected chi connectivity index (χ1v) is 11.4. The summed E-state index contributed by atoms with van der Waals surface area (Å²) >= 11 is 0.887. The van der Waals surface area contributed by atoms with Crippen LogP contribution in [0, 0.1) is 0 Å². The maximum atomic E-state index is 12.6. The predicted octanol–water partition coefficient (Wildman–Crippen LogP) is 5.31. The Labute approximate surface area is 202 Å². The predicted molar refractivity (Wildman–Crippen MR) is 132 cm³/mol. The summed E-state index contributed by atoms with van der Waals surface area (Å²) in [7, 11) is 0. The van der Waals surface area contributed by atoms with Gasteiger partial charge in [-0.15, -0.1) is 13.2 Å². The zero-order valence-corrected chi connectivity index (χ0v) is 19.6. The minimum Gasteiger partial charge on any atom is -0.490 e. The third-order valence-corrected chi connectivity index (χ3v) is 5.79. The van der Waals surface area contributed by atoms with Crippen LogP contribution >= 0.6 is 11.8 Å². The van der Waals surface area contributed by atoms with E-state index in [2.05, 4.69) is 13.2 Å². The lowest BCUT2D eigenvalue weighted by Gasteiger charge is -2.17. The highest BCUT2D eigenvalue weighted by Gasteiger charge is 2.34. The lowest BCUT2D eigenvalue weighted by Crippen LogP contribution is -2.27. The number of thioether (sulfide) groups is 1. The van der Waals surface area contributed by atoms with Gasteiger partial charge in [-0.3, -0.25) is 14.5 Å². The van der Waals surface area contributed by atoms with Crippen LogP contribution in [0.4, 0.5) is 4.79 Å². The van der Waals surface area contributed by atoms with Gasteiger partial charge in [0.25, 0.3) is 11.1 Å². The summed E-state index contributed by atoms with van der Waals surface area (Å²) in [5.41, 5.74) is 2.51. The Morgan fingerprint density at radius 3 is 2.47 bits per heavy atom. The zero-order chi connectivity index (χ0) is 24.7. The molecule has 0 saturated carbocycles. The summed E-state index contributed by atoms with van der Waals surface area (Å²) in [5, 5.41) is 8.73. The summed E-state index contributed by atoms with van der Waals surface area (Å²) in [6.45, 7) is 10.0. The molecule has 0 atom stereocenters. The average Bonchev–Trinajstić information content (AvgIpc) is 3.07. The number of rotatable bonds is 11. The largest absolute Gasteiger partial charge is 0.490 e. The monoisotopic (exact) mass is 479 g/mol. The molecule has 3 rings (SSSR count). The van der Waals surface area contributed by atoms with Crippen molar-refractivity contribution in [2.24, 2.45) is 0 Å². The van der Waals surface area contributed by atoms with E-state index in [0.717, 1.165) is 27.8 Å². The third kappa shape index (κ3) is 5.77. The van der Waals surface area contributed by atoms with Crippen molar-refractivity contribution >= 4 is 35.0 Å². The lowest BCUT2D eigenvalue weighted by molar-refractivity contribution is -0.122. The number of nitrogens with zero attached hydrogens (tertiary/aromatic N) is 1. The van der Waals surface area contributed by atoms with Crippen molar-refractivity contribution in [3.63, 3.8) is 0 Å². The van der Waals surface area contributed by atoms with E-state index in [9.17, 15) is 14.4 Å². The summed E-state index contributed by atoms with van der Waals surface area (Å²) in [6, 6.07) is 10.1. The first kappa shape index (κ1) is 24.9. The normalized spacial score (nSPS) is 14.4.